The van der Waals surface area contributed by atoms with Gasteiger partial charge in [0.15, 0.2) is 5.96 Å². The van der Waals surface area contributed by atoms with Crippen molar-refractivity contribution < 1.29 is 17.9 Å². The molecule has 0 saturated carbocycles. The highest BCUT2D eigenvalue weighted by Gasteiger charge is 2.33. The topological polar surface area (TPSA) is 45.7 Å². The second kappa shape index (κ2) is 8.05. The minimum Gasteiger partial charge on any atom is -0.497 e. The molecule has 2 N–H and O–H groups in total. The van der Waals surface area contributed by atoms with Gasteiger partial charge in [0.1, 0.15) is 5.75 Å². The lowest BCUT2D eigenvalue weighted by Gasteiger charge is -2.16. The molecule has 1 heterocycles. The Kier molecular flexibility index (Phi) is 6.08. The molecule has 8 heteroatoms. The third-order valence-electron chi connectivity index (χ3n) is 3.30. The lowest BCUT2D eigenvalue weighted by molar-refractivity contribution is -0.138. The standard InChI is InChI=1S/C16H18F3N3OS/c1-20-15(22-10-13-4-3-7-24-13)21-9-11-5-6-12(23-2)8-14(11)16(17,18)19/h3-8H,9-10H2,1-2H3,(H2,20,21,22). The van der Waals surface area contributed by atoms with Gasteiger partial charge in [0.2, 0.25) is 0 Å². The zero-order valence-corrected chi connectivity index (χ0v) is 14.1. The number of hydrogen-bond acceptors (Lipinski definition) is 3. The van der Waals surface area contributed by atoms with Crippen LogP contribution in [-0.2, 0) is 19.3 Å². The maximum atomic E-state index is 13.2. The lowest BCUT2D eigenvalue weighted by Crippen LogP contribution is -2.36. The molecule has 0 aliphatic rings. The highest BCUT2D eigenvalue weighted by atomic mass is 32.1. The number of alkyl halides is 3. The molecule has 0 saturated heterocycles. The molecule has 0 aliphatic carbocycles. The van der Waals surface area contributed by atoms with E-state index in [1.54, 1.807) is 18.4 Å². The zero-order chi connectivity index (χ0) is 17.6. The first-order valence-electron chi connectivity index (χ1n) is 7.15. The van der Waals surface area contributed by atoms with Gasteiger partial charge in [-0.1, -0.05) is 12.1 Å². The summed E-state index contributed by atoms with van der Waals surface area (Å²) in [6.45, 7) is 0.565. The van der Waals surface area contributed by atoms with Crippen molar-refractivity contribution in [1.82, 2.24) is 10.6 Å². The lowest BCUT2D eigenvalue weighted by atomic mass is 10.1. The quantitative estimate of drug-likeness (QED) is 0.634. The highest BCUT2D eigenvalue weighted by molar-refractivity contribution is 7.09. The molecule has 0 atom stereocenters. The Morgan fingerprint density at radius 1 is 1.21 bits per heavy atom. The Balaban J connectivity index is 2.04. The maximum absolute atomic E-state index is 13.2. The first kappa shape index (κ1) is 18.1. The van der Waals surface area contributed by atoms with Crippen LogP contribution in [0.1, 0.15) is 16.0 Å². The molecule has 0 amide bonds. The molecular formula is C16H18F3N3OS. The Bertz CT molecular complexity index is 684. The minimum atomic E-state index is -4.44. The number of aliphatic imine (C=N–C) groups is 1. The van der Waals surface area contributed by atoms with Crippen LogP contribution in [0.3, 0.4) is 0 Å². The van der Waals surface area contributed by atoms with Crippen LogP contribution in [0.25, 0.3) is 0 Å². The van der Waals surface area contributed by atoms with Crippen LogP contribution >= 0.6 is 11.3 Å². The van der Waals surface area contributed by atoms with Gasteiger partial charge in [0.25, 0.3) is 0 Å². The van der Waals surface area contributed by atoms with E-state index in [0.29, 0.717) is 12.5 Å². The van der Waals surface area contributed by atoms with Crippen LogP contribution in [0.5, 0.6) is 5.75 Å². The first-order chi connectivity index (χ1) is 11.4. The van der Waals surface area contributed by atoms with Crippen molar-refractivity contribution in [3.8, 4) is 5.75 Å². The SMILES string of the molecule is CN=C(NCc1cccs1)NCc1ccc(OC)cc1C(F)(F)F. The van der Waals surface area contributed by atoms with Gasteiger partial charge >= 0.3 is 6.18 Å². The molecule has 0 spiro atoms. The van der Waals surface area contributed by atoms with Crippen molar-refractivity contribution in [2.75, 3.05) is 14.2 Å². The summed E-state index contributed by atoms with van der Waals surface area (Å²) in [5.74, 6) is 0.610. The second-order valence-electron chi connectivity index (χ2n) is 4.88. The second-order valence-corrected chi connectivity index (χ2v) is 5.91. The number of benzene rings is 1. The van der Waals surface area contributed by atoms with E-state index in [-0.39, 0.29) is 17.9 Å². The third-order valence-corrected chi connectivity index (χ3v) is 4.18. The molecule has 24 heavy (non-hydrogen) atoms. The van der Waals surface area contributed by atoms with Crippen molar-refractivity contribution in [1.29, 1.82) is 0 Å². The van der Waals surface area contributed by atoms with E-state index in [0.717, 1.165) is 10.9 Å². The number of ether oxygens (including phenoxy) is 1. The van der Waals surface area contributed by atoms with E-state index in [1.165, 1.54) is 19.2 Å². The molecule has 130 valence electrons. The van der Waals surface area contributed by atoms with Gasteiger partial charge in [-0.15, -0.1) is 11.3 Å². The Hall–Kier alpha value is -2.22. The van der Waals surface area contributed by atoms with Crippen molar-refractivity contribution in [3.63, 3.8) is 0 Å². The number of guanidine groups is 1. The predicted molar refractivity (Wildman–Crippen MR) is 89.4 cm³/mol. The smallest absolute Gasteiger partial charge is 0.416 e. The number of rotatable bonds is 5. The molecule has 4 nitrogen and oxygen atoms in total. The Labute approximate surface area is 142 Å². The van der Waals surface area contributed by atoms with Crippen LogP contribution < -0.4 is 15.4 Å². The fourth-order valence-electron chi connectivity index (χ4n) is 2.08. The fourth-order valence-corrected chi connectivity index (χ4v) is 2.73. The number of halogens is 3. The number of hydrogen-bond donors (Lipinski definition) is 2. The molecular weight excluding hydrogens is 339 g/mol. The van der Waals surface area contributed by atoms with Crippen molar-refractivity contribution in [2.24, 2.45) is 4.99 Å². The summed E-state index contributed by atoms with van der Waals surface area (Å²) < 4.78 is 44.4. The average Bonchev–Trinajstić information content (AvgIpc) is 3.07. The zero-order valence-electron chi connectivity index (χ0n) is 13.3. The van der Waals surface area contributed by atoms with E-state index in [1.807, 2.05) is 17.5 Å². The largest absolute Gasteiger partial charge is 0.497 e. The molecule has 0 fully saturated rings. The molecule has 0 radical (unpaired) electrons. The van der Waals surface area contributed by atoms with Gasteiger partial charge in [-0.25, -0.2) is 0 Å². The van der Waals surface area contributed by atoms with Gasteiger partial charge in [-0.2, -0.15) is 13.2 Å². The Morgan fingerprint density at radius 2 is 1.96 bits per heavy atom. The summed E-state index contributed by atoms with van der Waals surface area (Å²) in [6.07, 6.45) is -4.44. The number of nitrogens with one attached hydrogen (secondary N) is 2. The van der Waals surface area contributed by atoms with Crippen molar-refractivity contribution in [2.45, 2.75) is 19.3 Å². The van der Waals surface area contributed by atoms with Crippen molar-refractivity contribution >= 4 is 17.3 Å². The summed E-state index contributed by atoms with van der Waals surface area (Å²) in [7, 11) is 2.91. The number of nitrogens with zero attached hydrogens (tertiary/aromatic N) is 1. The van der Waals surface area contributed by atoms with Gasteiger partial charge in [-0.05, 0) is 29.1 Å². The first-order valence-corrected chi connectivity index (χ1v) is 8.03. The fraction of sp³-hybridized carbons (Fsp3) is 0.312. The summed E-state index contributed by atoms with van der Waals surface area (Å²) in [5, 5.41) is 7.93. The molecule has 0 aliphatic heterocycles. The van der Waals surface area contributed by atoms with Gasteiger partial charge in [-0.3, -0.25) is 4.99 Å². The van der Waals surface area contributed by atoms with Crippen molar-refractivity contribution in [3.05, 3.63) is 51.7 Å². The molecule has 0 unspecified atom stereocenters. The molecule has 2 aromatic rings. The van der Waals surface area contributed by atoms with Crippen LogP contribution in [0.15, 0.2) is 40.7 Å². The predicted octanol–water partition coefficient (Wildman–Crippen LogP) is 3.64. The van der Waals surface area contributed by atoms with Crippen LogP contribution in [-0.4, -0.2) is 20.1 Å². The van der Waals surface area contributed by atoms with E-state index < -0.39 is 11.7 Å². The van der Waals surface area contributed by atoms with E-state index in [4.69, 9.17) is 4.74 Å². The van der Waals surface area contributed by atoms with Crippen LogP contribution in [0.2, 0.25) is 0 Å². The maximum Gasteiger partial charge on any atom is 0.416 e. The van der Waals surface area contributed by atoms with E-state index >= 15 is 0 Å². The third kappa shape index (κ3) is 4.89. The normalized spacial score (nSPS) is 12.1. The van der Waals surface area contributed by atoms with Crippen LogP contribution in [0.4, 0.5) is 13.2 Å². The molecule has 1 aromatic carbocycles. The Morgan fingerprint density at radius 3 is 2.54 bits per heavy atom. The molecule has 0 bridgehead atoms. The minimum absolute atomic E-state index is 0.00293. The summed E-state index contributed by atoms with van der Waals surface area (Å²) in [4.78, 5) is 5.13. The summed E-state index contributed by atoms with van der Waals surface area (Å²) in [5.41, 5.74) is -0.592. The van der Waals surface area contributed by atoms with E-state index in [9.17, 15) is 13.2 Å². The average molecular weight is 357 g/mol. The number of methoxy groups -OCH3 is 1. The van der Waals surface area contributed by atoms with Gasteiger partial charge in [0, 0.05) is 18.5 Å². The highest BCUT2D eigenvalue weighted by Crippen LogP contribution is 2.34. The number of thiophene rings is 1. The van der Waals surface area contributed by atoms with Gasteiger partial charge in [0.05, 0.1) is 19.2 Å². The monoisotopic (exact) mass is 357 g/mol. The van der Waals surface area contributed by atoms with Gasteiger partial charge < -0.3 is 15.4 Å². The summed E-state index contributed by atoms with van der Waals surface area (Å²) in [6, 6.07) is 7.81. The van der Waals surface area contributed by atoms with E-state index in [2.05, 4.69) is 15.6 Å². The van der Waals surface area contributed by atoms with Crippen LogP contribution in [0, 0.1) is 0 Å². The summed E-state index contributed by atoms with van der Waals surface area (Å²) >= 11 is 1.59. The molecule has 1 aromatic heterocycles. The molecule has 2 rings (SSSR count).